The first-order valence-electron chi connectivity index (χ1n) is 9.90. The number of rotatable bonds is 9. The Kier molecular flexibility index (Phi) is 7.65. The van der Waals surface area contributed by atoms with E-state index in [0.29, 0.717) is 0 Å². The third-order valence-corrected chi connectivity index (χ3v) is 6.67. The highest BCUT2D eigenvalue weighted by Crippen LogP contribution is 2.34. The summed E-state index contributed by atoms with van der Waals surface area (Å²) in [5.41, 5.74) is -4.09. The molecule has 1 unspecified atom stereocenters. The van der Waals surface area contributed by atoms with Gasteiger partial charge in [-0.2, -0.15) is 13.2 Å². The van der Waals surface area contributed by atoms with E-state index in [1.165, 1.54) is 37.4 Å². The fraction of sp³-hybridized carbons (Fsp3) is 0.190. The van der Waals surface area contributed by atoms with Crippen molar-refractivity contribution in [2.24, 2.45) is 0 Å². The van der Waals surface area contributed by atoms with Gasteiger partial charge in [0.15, 0.2) is 5.13 Å². The Morgan fingerprint density at radius 2 is 1.71 bits per heavy atom. The molecule has 0 bridgehead atoms. The number of carbonyl (C=O) groups excluding carboxylic acids is 2. The molecule has 9 nitrogen and oxygen atoms in total. The van der Waals surface area contributed by atoms with E-state index in [9.17, 15) is 31.2 Å². The van der Waals surface area contributed by atoms with E-state index < -0.39 is 33.7 Å². The molecule has 14 heteroatoms. The Hall–Kier alpha value is -3.65. The van der Waals surface area contributed by atoms with Crippen LogP contribution in [0.5, 0.6) is 0 Å². The minimum atomic E-state index is -5.35. The SMILES string of the molecule is CCOC(=O)C(NC(=O)c1ccccc1)(Nc1ccc(S(=O)(=O)Nc2nccs2)cc1)C(F)(F)F. The van der Waals surface area contributed by atoms with Crippen LogP contribution in [-0.2, 0) is 19.6 Å². The smallest absolute Gasteiger partial charge is 0.441 e. The van der Waals surface area contributed by atoms with Crippen molar-refractivity contribution < 1.29 is 35.9 Å². The Labute approximate surface area is 202 Å². The molecule has 35 heavy (non-hydrogen) atoms. The van der Waals surface area contributed by atoms with Gasteiger partial charge >= 0.3 is 17.8 Å². The summed E-state index contributed by atoms with van der Waals surface area (Å²) in [5, 5.41) is 5.35. The predicted octanol–water partition coefficient (Wildman–Crippen LogP) is 3.61. The molecule has 0 aliphatic rings. The number of nitrogens with one attached hydrogen (secondary N) is 3. The molecule has 3 aromatic rings. The molecule has 2 aromatic carbocycles. The average Bonchev–Trinajstić information content (AvgIpc) is 3.31. The lowest BCUT2D eigenvalue weighted by molar-refractivity contribution is -0.204. The van der Waals surface area contributed by atoms with Gasteiger partial charge in [0, 0.05) is 22.8 Å². The summed E-state index contributed by atoms with van der Waals surface area (Å²) in [7, 11) is -4.07. The quantitative estimate of drug-likeness (QED) is 0.286. The normalized spacial score (nSPS) is 13.4. The van der Waals surface area contributed by atoms with Crippen LogP contribution in [0.1, 0.15) is 17.3 Å². The Balaban J connectivity index is 1.94. The van der Waals surface area contributed by atoms with Crippen molar-refractivity contribution in [3.05, 3.63) is 71.7 Å². The summed E-state index contributed by atoms with van der Waals surface area (Å²) in [5.74, 6) is -2.98. The van der Waals surface area contributed by atoms with Crippen LogP contribution in [0.25, 0.3) is 0 Å². The van der Waals surface area contributed by atoms with Crippen molar-refractivity contribution in [2.45, 2.75) is 23.7 Å². The van der Waals surface area contributed by atoms with Crippen molar-refractivity contribution in [3.63, 3.8) is 0 Å². The van der Waals surface area contributed by atoms with E-state index in [1.807, 2.05) is 5.32 Å². The molecule has 0 radical (unpaired) electrons. The van der Waals surface area contributed by atoms with E-state index in [-0.39, 0.29) is 27.9 Å². The van der Waals surface area contributed by atoms with E-state index in [4.69, 9.17) is 0 Å². The molecule has 1 atom stereocenters. The number of hydrogen-bond donors (Lipinski definition) is 3. The predicted molar refractivity (Wildman–Crippen MR) is 122 cm³/mol. The van der Waals surface area contributed by atoms with Crippen LogP contribution in [-0.4, -0.2) is 43.7 Å². The number of ether oxygens (including phenoxy) is 1. The standard InChI is InChI=1S/C21H19F3N4O5S2/c1-2-33-18(30)20(21(22,23)24,27-17(29)14-6-4-3-5-7-14)26-15-8-10-16(11-9-15)35(31,32)28-19-25-12-13-34-19/h3-13,26H,2H2,1H3,(H,25,28)(H,27,29). The lowest BCUT2D eigenvalue weighted by atomic mass is 10.1. The summed E-state index contributed by atoms with van der Waals surface area (Å²) >= 11 is 1.04. The van der Waals surface area contributed by atoms with Gasteiger partial charge in [0.2, 0.25) is 0 Å². The second-order valence-corrected chi connectivity index (χ2v) is 9.46. The number of halogens is 3. The van der Waals surface area contributed by atoms with Gasteiger partial charge in [-0.25, -0.2) is 18.2 Å². The van der Waals surface area contributed by atoms with E-state index >= 15 is 0 Å². The summed E-state index contributed by atoms with van der Waals surface area (Å²) in [6, 6.07) is 11.1. The maximum Gasteiger partial charge on any atom is 0.441 e. The zero-order chi connectivity index (χ0) is 25.7. The largest absolute Gasteiger partial charge is 0.463 e. The number of nitrogens with zero attached hydrogens (tertiary/aromatic N) is 1. The summed E-state index contributed by atoms with van der Waals surface area (Å²) in [6.07, 6.45) is -3.95. The number of carbonyl (C=O) groups is 2. The molecular weight excluding hydrogens is 509 g/mol. The lowest BCUT2D eigenvalue weighted by Gasteiger charge is -2.35. The monoisotopic (exact) mass is 528 g/mol. The van der Waals surface area contributed by atoms with Gasteiger partial charge in [-0.15, -0.1) is 11.3 Å². The fourth-order valence-corrected chi connectivity index (χ4v) is 4.63. The third kappa shape index (κ3) is 5.89. The third-order valence-electron chi connectivity index (χ3n) is 4.49. The zero-order valence-corrected chi connectivity index (χ0v) is 19.6. The molecule has 0 saturated carbocycles. The maximum atomic E-state index is 14.3. The molecule has 0 saturated heterocycles. The molecule has 0 aliphatic carbocycles. The number of aromatic nitrogens is 1. The van der Waals surface area contributed by atoms with Crippen LogP contribution >= 0.6 is 11.3 Å². The maximum absolute atomic E-state index is 14.3. The van der Waals surface area contributed by atoms with Gasteiger partial charge < -0.3 is 15.4 Å². The van der Waals surface area contributed by atoms with Gasteiger partial charge in [-0.1, -0.05) is 18.2 Å². The number of esters is 1. The number of hydrogen-bond acceptors (Lipinski definition) is 8. The second kappa shape index (κ2) is 10.3. The number of amides is 1. The highest BCUT2D eigenvalue weighted by Gasteiger charge is 2.63. The number of benzene rings is 2. The van der Waals surface area contributed by atoms with E-state index in [0.717, 1.165) is 35.6 Å². The van der Waals surface area contributed by atoms with Crippen LogP contribution in [0.15, 0.2) is 71.1 Å². The van der Waals surface area contributed by atoms with Crippen molar-refractivity contribution in [1.82, 2.24) is 10.3 Å². The molecule has 0 fully saturated rings. The molecule has 3 N–H and O–H groups in total. The second-order valence-electron chi connectivity index (χ2n) is 6.88. The summed E-state index contributed by atoms with van der Waals surface area (Å²) in [4.78, 5) is 28.7. The number of anilines is 2. The first-order chi connectivity index (χ1) is 16.5. The van der Waals surface area contributed by atoms with Gasteiger partial charge in [0.25, 0.3) is 15.9 Å². The zero-order valence-electron chi connectivity index (χ0n) is 18.0. The molecular formula is C21H19F3N4O5S2. The molecule has 0 aliphatic heterocycles. The van der Waals surface area contributed by atoms with Crippen molar-refractivity contribution >= 4 is 44.1 Å². The molecule has 186 valence electrons. The summed E-state index contributed by atoms with van der Waals surface area (Å²) < 4.78 is 74.7. The lowest BCUT2D eigenvalue weighted by Crippen LogP contribution is -2.69. The highest BCUT2D eigenvalue weighted by atomic mass is 32.2. The van der Waals surface area contributed by atoms with Crippen LogP contribution in [0.4, 0.5) is 24.0 Å². The first-order valence-corrected chi connectivity index (χ1v) is 12.3. The number of thiazole rings is 1. The van der Waals surface area contributed by atoms with Gasteiger partial charge in [0.1, 0.15) is 0 Å². The summed E-state index contributed by atoms with van der Waals surface area (Å²) in [6.45, 7) is 0.923. The molecule has 1 heterocycles. The van der Waals surface area contributed by atoms with E-state index in [2.05, 4.69) is 14.4 Å². The molecule has 1 amide bonds. The van der Waals surface area contributed by atoms with Crippen LogP contribution < -0.4 is 15.4 Å². The molecule has 1 aromatic heterocycles. The van der Waals surface area contributed by atoms with Crippen molar-refractivity contribution in [1.29, 1.82) is 0 Å². The number of alkyl halides is 3. The average molecular weight is 529 g/mol. The Morgan fingerprint density at radius 1 is 1.06 bits per heavy atom. The minimum Gasteiger partial charge on any atom is -0.463 e. The van der Waals surface area contributed by atoms with Crippen molar-refractivity contribution in [2.75, 3.05) is 16.6 Å². The highest BCUT2D eigenvalue weighted by molar-refractivity contribution is 7.93. The van der Waals surface area contributed by atoms with E-state index in [1.54, 1.807) is 16.8 Å². The molecule has 3 rings (SSSR count). The number of sulfonamides is 1. The van der Waals surface area contributed by atoms with Gasteiger partial charge in [-0.3, -0.25) is 9.52 Å². The first kappa shape index (κ1) is 26.0. The van der Waals surface area contributed by atoms with Crippen LogP contribution in [0.2, 0.25) is 0 Å². The Bertz CT molecular complexity index is 1270. The van der Waals surface area contributed by atoms with Crippen LogP contribution in [0.3, 0.4) is 0 Å². The van der Waals surface area contributed by atoms with Crippen LogP contribution in [0, 0.1) is 0 Å². The van der Waals surface area contributed by atoms with Gasteiger partial charge in [-0.05, 0) is 43.3 Å². The van der Waals surface area contributed by atoms with Crippen molar-refractivity contribution in [3.8, 4) is 0 Å². The minimum absolute atomic E-state index is 0.106. The Morgan fingerprint density at radius 3 is 2.26 bits per heavy atom. The van der Waals surface area contributed by atoms with Gasteiger partial charge in [0.05, 0.1) is 11.5 Å². The topological polar surface area (TPSA) is 126 Å². The molecule has 0 spiro atoms. The fourth-order valence-electron chi connectivity index (χ4n) is 2.84.